The maximum Gasteiger partial charge on any atom is 0.193 e. The summed E-state index contributed by atoms with van der Waals surface area (Å²) < 4.78 is 46.0. The number of ether oxygens (including phenoxy) is 2. The average Bonchev–Trinajstić information content (AvgIpc) is 3.36. The number of carbonyl (C=O) groups is 2. The fourth-order valence-electron chi connectivity index (χ4n) is 9.22. The number of rotatable bonds is 3. The van der Waals surface area contributed by atoms with Crippen molar-refractivity contribution >= 4 is 11.6 Å². The summed E-state index contributed by atoms with van der Waals surface area (Å²) in [5.41, 5.74) is -0.255. The Morgan fingerprint density at radius 2 is 1.89 bits per heavy atom. The monoisotopic (exact) mass is 521 g/mol. The third-order valence-electron chi connectivity index (χ3n) is 11.1. The van der Waals surface area contributed by atoms with Gasteiger partial charge in [0.2, 0.25) is 0 Å². The third-order valence-corrected chi connectivity index (χ3v) is 11.1. The predicted molar refractivity (Wildman–Crippen MR) is 129 cm³/mol. The van der Waals surface area contributed by atoms with Gasteiger partial charge in [0.15, 0.2) is 29.1 Å². The van der Waals surface area contributed by atoms with Gasteiger partial charge < -0.3 is 25.4 Å². The Hall–Kier alpha value is -1.52. The van der Waals surface area contributed by atoms with Gasteiger partial charge in [0.1, 0.15) is 12.8 Å². The van der Waals surface area contributed by atoms with Gasteiger partial charge >= 0.3 is 0 Å². The number of halogens is 2. The van der Waals surface area contributed by atoms with E-state index >= 15 is 8.78 Å². The molecule has 0 unspecified atom stereocenters. The van der Waals surface area contributed by atoms with Crippen molar-refractivity contribution in [3.8, 4) is 0 Å². The molecule has 7 nitrogen and oxygen atoms in total. The zero-order chi connectivity index (χ0) is 26.5. The molecule has 5 fully saturated rings. The fourth-order valence-corrected chi connectivity index (χ4v) is 9.22. The van der Waals surface area contributed by atoms with Crippen LogP contribution in [0.1, 0.15) is 58.8 Å². The number of Topliss-reactive ketones (excluding diaryl/α,β-unsaturated/α-hetero) is 1. The number of alkyl halides is 2. The summed E-state index contributed by atoms with van der Waals surface area (Å²) in [4.78, 5) is 25.5. The maximum atomic E-state index is 17.4. The van der Waals surface area contributed by atoms with Crippen molar-refractivity contribution in [2.75, 3.05) is 6.61 Å². The van der Waals surface area contributed by atoms with Gasteiger partial charge in [-0.05, 0) is 75.5 Å². The molecule has 10 atom stereocenters. The molecule has 1 aliphatic heterocycles. The van der Waals surface area contributed by atoms with E-state index < -0.39 is 76.8 Å². The van der Waals surface area contributed by atoms with Crippen LogP contribution < -0.4 is 5.73 Å². The van der Waals surface area contributed by atoms with Crippen molar-refractivity contribution in [2.45, 2.75) is 101 Å². The number of aliphatic hydroxyl groups is 2. The molecule has 1 heterocycles. The second-order valence-corrected chi connectivity index (χ2v) is 12.7. The zero-order valence-corrected chi connectivity index (χ0v) is 21.4. The van der Waals surface area contributed by atoms with Crippen LogP contribution in [0.3, 0.4) is 0 Å². The Balaban J connectivity index is 1.40. The van der Waals surface area contributed by atoms with Crippen LogP contribution in [0, 0.1) is 28.6 Å². The number of hydrogen-bond donors (Lipinski definition) is 3. The van der Waals surface area contributed by atoms with Gasteiger partial charge in [-0.2, -0.15) is 0 Å². The van der Waals surface area contributed by atoms with E-state index in [-0.39, 0.29) is 36.8 Å². The smallest absolute Gasteiger partial charge is 0.193 e. The molecule has 204 valence electrons. The van der Waals surface area contributed by atoms with Crippen molar-refractivity contribution in [3.05, 3.63) is 23.8 Å². The van der Waals surface area contributed by atoms with Crippen LogP contribution in [0.25, 0.3) is 0 Å². The largest absolute Gasteiger partial charge is 0.390 e. The van der Waals surface area contributed by atoms with E-state index in [1.54, 1.807) is 13.8 Å². The summed E-state index contributed by atoms with van der Waals surface area (Å²) in [6, 6.07) is 0.127. The molecule has 0 aromatic carbocycles. The summed E-state index contributed by atoms with van der Waals surface area (Å²) >= 11 is 0. The second-order valence-electron chi connectivity index (χ2n) is 12.7. The molecule has 5 aliphatic carbocycles. The molecule has 0 aromatic rings. The lowest BCUT2D eigenvalue weighted by Crippen LogP contribution is -2.71. The molecular weight excluding hydrogens is 484 g/mol. The lowest BCUT2D eigenvalue weighted by atomic mass is 9.44. The molecule has 0 bridgehead atoms. The number of fused-ring (bicyclic) bond motifs is 7. The van der Waals surface area contributed by atoms with Gasteiger partial charge in [0.05, 0.1) is 12.2 Å². The van der Waals surface area contributed by atoms with Gasteiger partial charge in [-0.1, -0.05) is 13.0 Å². The molecule has 4 N–H and O–H groups in total. The van der Waals surface area contributed by atoms with E-state index in [1.165, 1.54) is 12.2 Å². The third kappa shape index (κ3) is 3.09. The van der Waals surface area contributed by atoms with Crippen molar-refractivity contribution in [1.29, 1.82) is 0 Å². The maximum absolute atomic E-state index is 17.4. The number of carbonyl (C=O) groups excluding carboxylic acids is 2. The fraction of sp³-hybridized carbons (Fsp3) is 0.786. The highest BCUT2D eigenvalue weighted by atomic mass is 19.1. The Labute approximate surface area is 215 Å². The van der Waals surface area contributed by atoms with Crippen molar-refractivity contribution in [2.24, 2.45) is 34.3 Å². The molecule has 0 radical (unpaired) electrons. The average molecular weight is 522 g/mol. The molecule has 6 aliphatic rings. The molecule has 6 rings (SSSR count). The van der Waals surface area contributed by atoms with E-state index in [4.69, 9.17) is 15.2 Å². The van der Waals surface area contributed by atoms with Crippen LogP contribution in [-0.2, 0) is 19.1 Å². The Morgan fingerprint density at radius 3 is 2.57 bits per heavy atom. The molecular formula is C28H37F2NO6. The highest BCUT2D eigenvalue weighted by Gasteiger charge is 2.80. The van der Waals surface area contributed by atoms with Gasteiger partial charge in [0, 0.05) is 28.7 Å². The summed E-state index contributed by atoms with van der Waals surface area (Å²) in [6.45, 7) is 2.58. The molecule has 0 aromatic heterocycles. The molecule has 37 heavy (non-hydrogen) atoms. The van der Waals surface area contributed by atoms with Crippen LogP contribution in [0.4, 0.5) is 8.78 Å². The van der Waals surface area contributed by atoms with Crippen LogP contribution in [0.2, 0.25) is 0 Å². The van der Waals surface area contributed by atoms with Crippen molar-refractivity contribution < 1.29 is 38.1 Å². The van der Waals surface area contributed by atoms with Crippen molar-refractivity contribution in [1.82, 2.24) is 0 Å². The number of nitrogens with two attached hydrogens (primary N) is 1. The highest BCUT2D eigenvalue weighted by molar-refractivity contribution is 6.01. The highest BCUT2D eigenvalue weighted by Crippen LogP contribution is 2.72. The van der Waals surface area contributed by atoms with E-state index in [2.05, 4.69) is 0 Å². The first kappa shape index (κ1) is 25.7. The quantitative estimate of drug-likeness (QED) is 0.522. The van der Waals surface area contributed by atoms with Gasteiger partial charge in [0.25, 0.3) is 0 Å². The van der Waals surface area contributed by atoms with Crippen LogP contribution in [0.15, 0.2) is 23.8 Å². The second kappa shape index (κ2) is 8.24. The first-order valence-electron chi connectivity index (χ1n) is 13.6. The Bertz CT molecular complexity index is 1070. The SMILES string of the molecule is C[C@]12C=CC(=O)C=C1[C@@H](F)C[C@H]1[C@@H]3C[C@H]4O[C@@H](C5CCC(N)CC5)O[C@@]4(C(=O)CO)[C@@]3(C)C[C@H](O)[C@@]12F. The van der Waals surface area contributed by atoms with Crippen LogP contribution in [0.5, 0.6) is 0 Å². The summed E-state index contributed by atoms with van der Waals surface area (Å²) in [5, 5.41) is 21.6. The number of aliphatic hydroxyl groups excluding tert-OH is 2. The molecule has 0 amide bonds. The number of ketones is 2. The molecule has 9 heteroatoms. The molecule has 4 saturated carbocycles. The lowest BCUT2D eigenvalue weighted by molar-refractivity contribution is -0.239. The summed E-state index contributed by atoms with van der Waals surface area (Å²) in [7, 11) is 0. The van der Waals surface area contributed by atoms with E-state index in [9.17, 15) is 19.8 Å². The Morgan fingerprint density at radius 1 is 1.19 bits per heavy atom. The summed E-state index contributed by atoms with van der Waals surface area (Å²) in [6.07, 6.45) is 2.49. The summed E-state index contributed by atoms with van der Waals surface area (Å²) in [5.74, 6) is -2.37. The minimum atomic E-state index is -2.25. The van der Waals surface area contributed by atoms with Crippen molar-refractivity contribution in [3.63, 3.8) is 0 Å². The zero-order valence-electron chi connectivity index (χ0n) is 21.4. The van der Waals surface area contributed by atoms with E-state index in [0.29, 0.717) is 0 Å². The predicted octanol–water partition coefficient (Wildman–Crippen LogP) is 2.47. The lowest BCUT2D eigenvalue weighted by Gasteiger charge is -2.63. The van der Waals surface area contributed by atoms with Crippen LogP contribution >= 0.6 is 0 Å². The minimum absolute atomic E-state index is 0.0472. The normalized spacial score (nSPS) is 54.7. The first-order chi connectivity index (χ1) is 17.4. The molecule has 0 spiro atoms. The van der Waals surface area contributed by atoms with E-state index in [0.717, 1.165) is 31.8 Å². The Kier molecular flexibility index (Phi) is 5.73. The van der Waals surface area contributed by atoms with Crippen LogP contribution in [-0.4, -0.2) is 70.4 Å². The van der Waals surface area contributed by atoms with E-state index in [1.807, 2.05) is 0 Å². The topological polar surface area (TPSA) is 119 Å². The van der Waals surface area contributed by atoms with Gasteiger partial charge in [-0.3, -0.25) is 9.59 Å². The van der Waals surface area contributed by atoms with Gasteiger partial charge in [-0.25, -0.2) is 8.78 Å². The number of allylic oxidation sites excluding steroid dienone is 4. The van der Waals surface area contributed by atoms with Gasteiger partial charge in [-0.15, -0.1) is 0 Å². The molecule has 1 saturated heterocycles. The minimum Gasteiger partial charge on any atom is -0.390 e. The first-order valence-corrected chi connectivity index (χ1v) is 13.6. The standard InChI is InChI=1S/C28H37F2NO6/c1-25-8-7-16(33)9-19(25)20(29)10-18-17-11-23-28(22(35)13-32,26(17,2)12-21(34)27(18,25)30)37-24(36-23)14-3-5-15(31)6-4-14/h7-9,14-15,17-18,20-21,23-24,32,34H,3-6,10-13,31H2,1-2H3/t14?,15?,17-,18-,20-,21-,23+,24+,25-,26-,27-,28+/m0/s1. The number of hydrogen-bond acceptors (Lipinski definition) is 7.